The van der Waals surface area contributed by atoms with E-state index in [1.54, 1.807) is 53.9 Å². The monoisotopic (exact) mass is 394 g/mol. The van der Waals surface area contributed by atoms with Crippen molar-refractivity contribution in [3.05, 3.63) is 42.5 Å². The van der Waals surface area contributed by atoms with Gasteiger partial charge in [-0.05, 0) is 42.7 Å². The molecule has 3 rings (SSSR count). The van der Waals surface area contributed by atoms with Crippen LogP contribution in [0.15, 0.2) is 57.2 Å². The van der Waals surface area contributed by atoms with Crippen molar-refractivity contribution in [2.24, 2.45) is 5.92 Å². The Morgan fingerprint density at radius 1 is 1.24 bits per heavy atom. The number of thioether (sulfide) groups is 2. The zero-order valence-electron chi connectivity index (χ0n) is 13.8. The quantitative estimate of drug-likeness (QED) is 0.770. The maximum Gasteiger partial charge on any atom is 0.261 e. The predicted molar refractivity (Wildman–Crippen MR) is 104 cm³/mol. The first kappa shape index (κ1) is 18.2. The van der Waals surface area contributed by atoms with Crippen LogP contribution in [-0.2, 0) is 14.8 Å². The molecule has 0 bridgehead atoms. The molecule has 0 radical (unpaired) electrons. The van der Waals surface area contributed by atoms with Gasteiger partial charge < -0.3 is 5.32 Å². The molecule has 0 saturated carbocycles. The Labute approximate surface area is 156 Å². The van der Waals surface area contributed by atoms with Crippen molar-refractivity contribution in [1.82, 2.24) is 0 Å². The molecule has 1 amide bonds. The second kappa shape index (κ2) is 7.31. The van der Waals surface area contributed by atoms with Crippen LogP contribution in [0, 0.1) is 5.92 Å². The van der Waals surface area contributed by atoms with E-state index >= 15 is 0 Å². The first-order chi connectivity index (χ1) is 11.9. The molecule has 0 saturated heterocycles. The third-order valence-electron chi connectivity index (χ3n) is 3.78. The highest BCUT2D eigenvalue weighted by atomic mass is 32.2. The fourth-order valence-electron chi connectivity index (χ4n) is 2.35. The number of anilines is 2. The molecule has 5 nitrogen and oxygen atoms in total. The lowest BCUT2D eigenvalue weighted by molar-refractivity contribution is -0.118. The topological polar surface area (TPSA) is 75.3 Å². The molecule has 25 heavy (non-hydrogen) atoms. The number of benzene rings is 2. The van der Waals surface area contributed by atoms with E-state index < -0.39 is 10.0 Å². The molecule has 0 spiro atoms. The maximum absolute atomic E-state index is 12.7. The summed E-state index contributed by atoms with van der Waals surface area (Å²) in [5.74, 6) is 0.455. The van der Waals surface area contributed by atoms with Crippen molar-refractivity contribution in [2.45, 2.75) is 21.6 Å². The highest BCUT2D eigenvalue weighted by Crippen LogP contribution is 2.34. The van der Waals surface area contributed by atoms with Crippen molar-refractivity contribution in [3.63, 3.8) is 0 Å². The molecule has 0 fully saturated rings. The van der Waals surface area contributed by atoms with Crippen LogP contribution in [0.25, 0.3) is 0 Å². The van der Waals surface area contributed by atoms with Gasteiger partial charge in [-0.25, -0.2) is 8.42 Å². The van der Waals surface area contributed by atoms with Gasteiger partial charge in [0.2, 0.25) is 5.91 Å². The van der Waals surface area contributed by atoms with Crippen LogP contribution >= 0.6 is 23.5 Å². The van der Waals surface area contributed by atoms with Gasteiger partial charge in [-0.15, -0.1) is 23.5 Å². The zero-order valence-corrected chi connectivity index (χ0v) is 16.2. The molecule has 1 aliphatic rings. The number of fused-ring (bicyclic) bond motifs is 1. The summed E-state index contributed by atoms with van der Waals surface area (Å²) in [5.41, 5.74) is 1.05. The summed E-state index contributed by atoms with van der Waals surface area (Å²) < 4.78 is 28.0. The van der Waals surface area contributed by atoms with Crippen LogP contribution in [0.3, 0.4) is 0 Å². The predicted octanol–water partition coefficient (Wildman–Crippen LogP) is 3.89. The lowest BCUT2D eigenvalue weighted by atomic mass is 10.2. The van der Waals surface area contributed by atoms with Gasteiger partial charge in [0.05, 0.1) is 10.6 Å². The van der Waals surface area contributed by atoms with Gasteiger partial charge in [-0.3, -0.25) is 9.52 Å². The minimum absolute atomic E-state index is 0.0959. The van der Waals surface area contributed by atoms with Crippen LogP contribution in [0.1, 0.15) is 6.92 Å². The van der Waals surface area contributed by atoms with Gasteiger partial charge in [0.1, 0.15) is 0 Å². The maximum atomic E-state index is 12.7. The second-order valence-electron chi connectivity index (χ2n) is 5.70. The Morgan fingerprint density at radius 2 is 2.04 bits per heavy atom. The van der Waals surface area contributed by atoms with E-state index in [1.807, 2.05) is 19.2 Å². The largest absolute Gasteiger partial charge is 0.325 e. The molecule has 2 aromatic rings. The summed E-state index contributed by atoms with van der Waals surface area (Å²) in [5, 5.41) is 2.81. The van der Waals surface area contributed by atoms with Crippen LogP contribution in [0.4, 0.5) is 11.4 Å². The minimum atomic E-state index is -3.73. The average Bonchev–Trinajstić information content (AvgIpc) is 2.73. The second-order valence-corrected chi connectivity index (χ2v) is 9.32. The Kier molecular flexibility index (Phi) is 5.31. The molecule has 1 unspecified atom stereocenters. The van der Waals surface area contributed by atoms with Crippen molar-refractivity contribution >= 4 is 50.8 Å². The van der Waals surface area contributed by atoms with Crippen LogP contribution in [0.2, 0.25) is 0 Å². The molecule has 132 valence electrons. The Hall–Kier alpha value is -1.64. The average molecular weight is 395 g/mol. The molecule has 0 aromatic heterocycles. The molecule has 2 N–H and O–H groups in total. The Balaban J connectivity index is 1.90. The van der Waals surface area contributed by atoms with Gasteiger partial charge in [0, 0.05) is 27.1 Å². The third kappa shape index (κ3) is 4.13. The summed E-state index contributed by atoms with van der Waals surface area (Å²) in [6.45, 7) is 1.85. The highest BCUT2D eigenvalue weighted by Gasteiger charge is 2.23. The number of hydrogen-bond acceptors (Lipinski definition) is 5. The van der Waals surface area contributed by atoms with Gasteiger partial charge in [-0.1, -0.05) is 13.0 Å². The van der Waals surface area contributed by atoms with Gasteiger partial charge in [0.15, 0.2) is 0 Å². The summed E-state index contributed by atoms with van der Waals surface area (Å²) in [6.07, 6.45) is 1.93. The number of sulfonamides is 1. The summed E-state index contributed by atoms with van der Waals surface area (Å²) in [7, 11) is -3.73. The Bertz CT molecular complexity index is 913. The van der Waals surface area contributed by atoms with Crippen molar-refractivity contribution in [3.8, 4) is 0 Å². The minimum Gasteiger partial charge on any atom is -0.325 e. The Morgan fingerprint density at radius 3 is 2.80 bits per heavy atom. The van der Waals surface area contributed by atoms with Crippen LogP contribution in [0.5, 0.6) is 0 Å². The lowest BCUT2D eigenvalue weighted by Gasteiger charge is -2.12. The fourth-order valence-corrected chi connectivity index (χ4v) is 4.89. The molecule has 2 aromatic carbocycles. The van der Waals surface area contributed by atoms with Gasteiger partial charge in [0.25, 0.3) is 10.0 Å². The lowest BCUT2D eigenvalue weighted by Crippen LogP contribution is -2.20. The van der Waals surface area contributed by atoms with E-state index in [4.69, 9.17) is 0 Å². The summed E-state index contributed by atoms with van der Waals surface area (Å²) in [6, 6.07) is 12.0. The van der Waals surface area contributed by atoms with Crippen molar-refractivity contribution in [1.29, 1.82) is 0 Å². The van der Waals surface area contributed by atoms with Crippen LogP contribution < -0.4 is 10.0 Å². The molecule has 1 aliphatic heterocycles. The van der Waals surface area contributed by atoms with E-state index in [9.17, 15) is 13.2 Å². The van der Waals surface area contributed by atoms with E-state index in [0.29, 0.717) is 17.1 Å². The van der Waals surface area contributed by atoms with E-state index in [0.717, 1.165) is 9.79 Å². The smallest absolute Gasteiger partial charge is 0.261 e. The zero-order chi connectivity index (χ0) is 18.0. The molecular weight excluding hydrogens is 376 g/mol. The van der Waals surface area contributed by atoms with Crippen molar-refractivity contribution < 1.29 is 13.2 Å². The first-order valence-corrected chi connectivity index (χ1v) is 11.3. The van der Waals surface area contributed by atoms with E-state index in [2.05, 4.69) is 10.0 Å². The number of amides is 1. The molecule has 8 heteroatoms. The standard InChI is InChI=1S/C17H18N2O3S3/c1-11-10-24-16-7-6-14(9-15(16)18-17(11)20)25(21,22)19-12-4-3-5-13(8-12)23-2/h3-9,11,19H,10H2,1-2H3,(H,18,20). The normalized spacial score (nSPS) is 17.4. The number of hydrogen-bond donors (Lipinski definition) is 2. The SMILES string of the molecule is CSc1cccc(NS(=O)(=O)c2ccc3c(c2)NC(=O)C(C)CS3)c1. The van der Waals surface area contributed by atoms with E-state index in [1.165, 1.54) is 6.07 Å². The summed E-state index contributed by atoms with van der Waals surface area (Å²) in [4.78, 5) is 14.0. The molecule has 1 atom stereocenters. The number of carbonyl (C=O) groups excluding carboxylic acids is 1. The van der Waals surface area contributed by atoms with Crippen molar-refractivity contribution in [2.75, 3.05) is 22.0 Å². The van der Waals surface area contributed by atoms with Gasteiger partial charge >= 0.3 is 0 Å². The highest BCUT2D eigenvalue weighted by molar-refractivity contribution is 7.99. The molecular formula is C17H18N2O3S3. The molecule has 1 heterocycles. The summed E-state index contributed by atoms with van der Waals surface area (Å²) >= 11 is 3.09. The van der Waals surface area contributed by atoms with E-state index in [-0.39, 0.29) is 16.7 Å². The van der Waals surface area contributed by atoms with Gasteiger partial charge in [-0.2, -0.15) is 0 Å². The van der Waals surface area contributed by atoms with Crippen LogP contribution in [-0.4, -0.2) is 26.3 Å². The number of rotatable bonds is 4. The molecule has 0 aliphatic carbocycles. The third-order valence-corrected chi connectivity index (χ3v) is 7.22. The number of nitrogens with one attached hydrogen (secondary N) is 2. The first-order valence-electron chi connectivity index (χ1n) is 7.63. The number of carbonyl (C=O) groups is 1. The fraction of sp³-hybridized carbons (Fsp3) is 0.235.